The molecule has 2 nitrogen and oxygen atoms in total. The highest BCUT2D eigenvalue weighted by atomic mass is 15.1. The van der Waals surface area contributed by atoms with E-state index in [-0.39, 0.29) is 5.41 Å². The van der Waals surface area contributed by atoms with Gasteiger partial charge in [-0.15, -0.1) is 0 Å². The third-order valence-corrected chi connectivity index (χ3v) is 2.98. The van der Waals surface area contributed by atoms with Gasteiger partial charge in [-0.3, -0.25) is 0 Å². The number of hydrogen-bond acceptors (Lipinski definition) is 1. The van der Waals surface area contributed by atoms with Gasteiger partial charge in [-0.05, 0) is 18.7 Å². The quantitative estimate of drug-likeness (QED) is 0.668. The van der Waals surface area contributed by atoms with E-state index in [0.717, 1.165) is 6.54 Å². The molecule has 0 fully saturated rings. The van der Waals surface area contributed by atoms with E-state index in [1.807, 2.05) is 0 Å². The first-order chi connectivity index (χ1) is 6.47. The predicted octanol–water partition coefficient (Wildman–Crippen LogP) is 2.30. The highest BCUT2D eigenvalue weighted by Gasteiger charge is 2.21. The fraction of sp³-hybridized carbons (Fsp3) is 0.667. The molecular formula is C12H20N2. The lowest BCUT2D eigenvalue weighted by Crippen LogP contribution is -2.25. The molecule has 2 rings (SSSR count). The van der Waals surface area contributed by atoms with Crippen molar-refractivity contribution < 1.29 is 0 Å². The van der Waals surface area contributed by atoms with Crippen LogP contribution < -0.4 is 0 Å². The Labute approximate surface area is 86.3 Å². The van der Waals surface area contributed by atoms with Crippen molar-refractivity contribution in [3.63, 3.8) is 0 Å². The number of nitrogens with zero attached hydrogens (tertiary/aromatic N) is 1. The number of aromatic amines is 1. The zero-order valence-electron chi connectivity index (χ0n) is 9.65. The summed E-state index contributed by atoms with van der Waals surface area (Å²) in [5.74, 6) is 0. The van der Waals surface area contributed by atoms with E-state index < -0.39 is 0 Å². The monoisotopic (exact) mass is 192 g/mol. The molecule has 1 aliphatic heterocycles. The minimum Gasteiger partial charge on any atom is -0.362 e. The van der Waals surface area contributed by atoms with Crippen molar-refractivity contribution in [3.8, 4) is 0 Å². The Hall–Kier alpha value is -0.760. The molecule has 78 valence electrons. The van der Waals surface area contributed by atoms with Gasteiger partial charge in [-0.1, -0.05) is 20.8 Å². The maximum Gasteiger partial charge on any atom is 0.0248 e. The molecule has 0 aromatic carbocycles. The van der Waals surface area contributed by atoms with E-state index in [1.165, 1.54) is 29.9 Å². The second kappa shape index (κ2) is 3.13. The number of H-pyrrole nitrogens is 1. The number of fused-ring (bicyclic) bond motifs is 1. The van der Waals surface area contributed by atoms with E-state index in [9.17, 15) is 0 Å². The molecule has 0 unspecified atom stereocenters. The van der Waals surface area contributed by atoms with Crippen molar-refractivity contribution in [2.24, 2.45) is 0 Å². The highest BCUT2D eigenvalue weighted by molar-refractivity contribution is 5.31. The van der Waals surface area contributed by atoms with Gasteiger partial charge in [0.25, 0.3) is 0 Å². The van der Waals surface area contributed by atoms with Crippen LogP contribution in [0.25, 0.3) is 0 Å². The molecule has 1 aromatic rings. The van der Waals surface area contributed by atoms with Crippen LogP contribution in [0.1, 0.15) is 37.7 Å². The van der Waals surface area contributed by atoms with Gasteiger partial charge in [0.2, 0.25) is 0 Å². The molecule has 0 saturated heterocycles. The van der Waals surface area contributed by atoms with Crippen molar-refractivity contribution >= 4 is 0 Å². The molecule has 0 spiro atoms. The number of aromatic nitrogens is 1. The molecule has 0 amide bonds. The van der Waals surface area contributed by atoms with Crippen LogP contribution in [0.3, 0.4) is 0 Å². The summed E-state index contributed by atoms with van der Waals surface area (Å²) in [6.07, 6.45) is 1.17. The average Bonchev–Trinajstić information content (AvgIpc) is 2.45. The maximum absolute atomic E-state index is 3.57. The van der Waals surface area contributed by atoms with Gasteiger partial charge in [0.05, 0.1) is 0 Å². The first-order valence-electron chi connectivity index (χ1n) is 5.36. The number of hydrogen-bond donors (Lipinski definition) is 1. The van der Waals surface area contributed by atoms with Crippen molar-refractivity contribution in [3.05, 3.63) is 23.0 Å². The topological polar surface area (TPSA) is 19.0 Å². The molecular weight excluding hydrogens is 172 g/mol. The third kappa shape index (κ3) is 1.71. The summed E-state index contributed by atoms with van der Waals surface area (Å²) in [7, 11) is 2.19. The standard InChI is InChI=1S/C12H20N2/c1-12(2,3)11-7-9-8-14(4)6-5-10(9)13-11/h7,13H,5-6,8H2,1-4H3. The van der Waals surface area contributed by atoms with Crippen LogP contribution in [-0.4, -0.2) is 23.5 Å². The molecule has 1 N–H and O–H groups in total. The number of nitrogens with one attached hydrogen (secondary N) is 1. The van der Waals surface area contributed by atoms with E-state index in [0.29, 0.717) is 0 Å². The molecule has 0 saturated carbocycles. The van der Waals surface area contributed by atoms with Crippen LogP contribution in [0.15, 0.2) is 6.07 Å². The third-order valence-electron chi connectivity index (χ3n) is 2.98. The fourth-order valence-electron chi connectivity index (χ4n) is 1.98. The molecule has 14 heavy (non-hydrogen) atoms. The van der Waals surface area contributed by atoms with Gasteiger partial charge in [-0.2, -0.15) is 0 Å². The number of rotatable bonds is 0. The minimum absolute atomic E-state index is 0.246. The summed E-state index contributed by atoms with van der Waals surface area (Å²) in [4.78, 5) is 5.95. The maximum atomic E-state index is 3.57. The second-order valence-corrected chi connectivity index (χ2v) is 5.42. The van der Waals surface area contributed by atoms with Crippen molar-refractivity contribution in [2.45, 2.75) is 39.2 Å². The number of likely N-dealkylation sites (N-methyl/N-ethyl adjacent to an activating group) is 1. The summed E-state index contributed by atoms with van der Waals surface area (Å²) in [5, 5.41) is 0. The first-order valence-corrected chi connectivity index (χ1v) is 5.36. The normalized spacial score (nSPS) is 18.3. The SMILES string of the molecule is CN1CCc2[nH]c(C(C)(C)C)cc2C1. The second-order valence-electron chi connectivity index (χ2n) is 5.42. The lowest BCUT2D eigenvalue weighted by molar-refractivity contribution is 0.312. The van der Waals surface area contributed by atoms with Crippen LogP contribution in [0.4, 0.5) is 0 Å². The Kier molecular flexibility index (Phi) is 2.18. The average molecular weight is 192 g/mol. The van der Waals surface area contributed by atoms with Gasteiger partial charge in [0.15, 0.2) is 0 Å². The van der Waals surface area contributed by atoms with Crippen LogP contribution in [0.2, 0.25) is 0 Å². The Bertz CT molecular complexity index is 331. The largest absolute Gasteiger partial charge is 0.362 e. The highest BCUT2D eigenvalue weighted by Crippen LogP contribution is 2.26. The molecule has 2 heteroatoms. The van der Waals surface area contributed by atoms with E-state index >= 15 is 0 Å². The Morgan fingerprint density at radius 1 is 1.36 bits per heavy atom. The van der Waals surface area contributed by atoms with E-state index in [2.05, 4.69) is 43.8 Å². The molecule has 0 aliphatic carbocycles. The Balaban J connectivity index is 2.32. The van der Waals surface area contributed by atoms with Gasteiger partial charge < -0.3 is 9.88 Å². The summed E-state index contributed by atoms with van der Waals surface area (Å²) in [6, 6.07) is 2.34. The van der Waals surface area contributed by atoms with Gasteiger partial charge in [0.1, 0.15) is 0 Å². The summed E-state index contributed by atoms with van der Waals surface area (Å²) >= 11 is 0. The molecule has 0 atom stereocenters. The minimum atomic E-state index is 0.246. The smallest absolute Gasteiger partial charge is 0.0248 e. The predicted molar refractivity (Wildman–Crippen MR) is 59.5 cm³/mol. The molecule has 0 radical (unpaired) electrons. The molecule has 0 bridgehead atoms. The van der Waals surface area contributed by atoms with Crippen molar-refractivity contribution in [2.75, 3.05) is 13.6 Å². The van der Waals surface area contributed by atoms with Crippen LogP contribution in [0.5, 0.6) is 0 Å². The zero-order chi connectivity index (χ0) is 10.3. The van der Waals surface area contributed by atoms with Crippen molar-refractivity contribution in [1.29, 1.82) is 0 Å². The fourth-order valence-corrected chi connectivity index (χ4v) is 1.98. The van der Waals surface area contributed by atoms with Crippen LogP contribution in [0, 0.1) is 0 Å². The zero-order valence-corrected chi connectivity index (χ0v) is 9.65. The van der Waals surface area contributed by atoms with Crippen LogP contribution >= 0.6 is 0 Å². The van der Waals surface area contributed by atoms with Gasteiger partial charge >= 0.3 is 0 Å². The molecule has 2 heterocycles. The Morgan fingerprint density at radius 2 is 2.07 bits per heavy atom. The summed E-state index contributed by atoms with van der Waals surface area (Å²) in [6.45, 7) is 9.05. The lowest BCUT2D eigenvalue weighted by atomic mass is 9.92. The Morgan fingerprint density at radius 3 is 2.71 bits per heavy atom. The first kappa shape index (κ1) is 9.78. The lowest BCUT2D eigenvalue weighted by Gasteiger charge is -2.21. The van der Waals surface area contributed by atoms with Gasteiger partial charge in [0, 0.05) is 36.3 Å². The van der Waals surface area contributed by atoms with Crippen LogP contribution in [-0.2, 0) is 18.4 Å². The summed E-state index contributed by atoms with van der Waals surface area (Å²) in [5.41, 5.74) is 4.56. The summed E-state index contributed by atoms with van der Waals surface area (Å²) < 4.78 is 0. The van der Waals surface area contributed by atoms with E-state index in [4.69, 9.17) is 0 Å². The molecule has 1 aliphatic rings. The molecule has 1 aromatic heterocycles. The van der Waals surface area contributed by atoms with Crippen molar-refractivity contribution in [1.82, 2.24) is 9.88 Å². The van der Waals surface area contributed by atoms with E-state index in [1.54, 1.807) is 0 Å². The van der Waals surface area contributed by atoms with Gasteiger partial charge in [-0.25, -0.2) is 0 Å².